The molecule has 210 valence electrons. The van der Waals surface area contributed by atoms with E-state index < -0.39 is 5.91 Å². The van der Waals surface area contributed by atoms with Gasteiger partial charge in [0.2, 0.25) is 5.17 Å². The lowest BCUT2D eigenvalue weighted by Crippen LogP contribution is -2.35. The lowest BCUT2D eigenvalue weighted by molar-refractivity contribution is -0.114. The number of hydrazone groups is 1. The number of amidine groups is 2. The Morgan fingerprint density at radius 2 is 1.73 bits per heavy atom. The minimum absolute atomic E-state index is 0.0219. The maximum absolute atomic E-state index is 13.0. The van der Waals surface area contributed by atoms with E-state index in [2.05, 4.69) is 46.5 Å². The monoisotopic (exact) mass is 680 g/mol. The van der Waals surface area contributed by atoms with Gasteiger partial charge in [0, 0.05) is 5.56 Å². The fourth-order valence-electron chi connectivity index (χ4n) is 4.15. The summed E-state index contributed by atoms with van der Waals surface area (Å²) in [5.74, 6) is 1.45. The largest absolute Gasteiger partial charge is 0.490 e. The topological polar surface area (TPSA) is 96.6 Å². The highest BCUT2D eigenvalue weighted by atomic mass is 127. The zero-order chi connectivity index (χ0) is 29.1. The van der Waals surface area contributed by atoms with Crippen molar-refractivity contribution >= 4 is 62.4 Å². The van der Waals surface area contributed by atoms with Gasteiger partial charge in [0.05, 0.1) is 15.8 Å². The molecule has 2 aliphatic rings. The Balaban J connectivity index is 1.33. The van der Waals surface area contributed by atoms with Crippen LogP contribution in [0.4, 0.5) is 0 Å². The van der Waals surface area contributed by atoms with Crippen LogP contribution >= 0.6 is 34.4 Å². The lowest BCUT2D eigenvalue weighted by atomic mass is 10.1. The average molecular weight is 681 g/mol. The number of rotatable bonds is 9. The second-order valence-corrected chi connectivity index (χ2v) is 11.6. The minimum Gasteiger partial charge on any atom is -0.490 e. The maximum atomic E-state index is 13.0. The summed E-state index contributed by atoms with van der Waals surface area (Å²) in [5, 5.41) is 15.8. The van der Waals surface area contributed by atoms with Gasteiger partial charge in [-0.05, 0) is 109 Å². The van der Waals surface area contributed by atoms with Gasteiger partial charge in [0.25, 0.3) is 5.91 Å². The molecule has 3 aromatic carbocycles. The number of ether oxygens (including phenoxy) is 3. The van der Waals surface area contributed by atoms with Crippen LogP contribution in [0.1, 0.15) is 34.7 Å². The van der Waals surface area contributed by atoms with Crippen LogP contribution in [0.25, 0.3) is 6.08 Å². The molecule has 0 spiro atoms. The summed E-state index contributed by atoms with van der Waals surface area (Å²) in [4.78, 5) is 17.2. The molecule has 0 radical (unpaired) electrons. The first-order valence-electron chi connectivity index (χ1n) is 13.1. The van der Waals surface area contributed by atoms with E-state index in [1.807, 2.05) is 62.4 Å². The summed E-state index contributed by atoms with van der Waals surface area (Å²) < 4.78 is 18.6. The second-order valence-electron chi connectivity index (χ2n) is 9.50. The molecule has 2 heterocycles. The molecule has 5 rings (SSSR count). The Bertz CT molecular complexity index is 1620. The predicted molar refractivity (Wildman–Crippen MR) is 173 cm³/mol. The molecule has 8 nitrogen and oxygen atoms in total. The van der Waals surface area contributed by atoms with Crippen LogP contribution in [0.2, 0.25) is 0 Å². The highest BCUT2D eigenvalue weighted by Crippen LogP contribution is 2.36. The maximum Gasteiger partial charge on any atom is 0.283 e. The Morgan fingerprint density at radius 1 is 0.976 bits per heavy atom. The number of thioether (sulfide) groups is 1. The number of aliphatic imine (C=N–C) groups is 1. The fraction of sp³-hybridized carbons (Fsp3) is 0.226. The van der Waals surface area contributed by atoms with Crippen molar-refractivity contribution in [3.8, 4) is 17.2 Å². The van der Waals surface area contributed by atoms with Crippen LogP contribution < -0.4 is 14.2 Å². The van der Waals surface area contributed by atoms with Gasteiger partial charge in [-0.25, -0.2) is 0 Å². The molecule has 0 aliphatic carbocycles. The molecular formula is C31H29IN4O4S. The number of fused-ring (bicyclic) bond motifs is 1. The van der Waals surface area contributed by atoms with Gasteiger partial charge in [0.1, 0.15) is 24.0 Å². The number of nitrogens with zero attached hydrogens (tertiary/aromatic N) is 3. The van der Waals surface area contributed by atoms with Gasteiger partial charge in [-0.15, -0.1) is 0 Å². The van der Waals surface area contributed by atoms with E-state index in [4.69, 9.17) is 19.6 Å². The predicted octanol–water partition coefficient (Wildman–Crippen LogP) is 6.74. The SMILES string of the molecule is CCOc1cc(/C=C2/C(=N)N3N=C(c4ccc(C)cc4)SC3=NC2=O)cc(I)c1OCCOc1ccc(C)c(C)c1. The summed E-state index contributed by atoms with van der Waals surface area (Å²) in [6, 6.07) is 17.6. The third-order valence-corrected chi connectivity index (χ3v) is 8.23. The van der Waals surface area contributed by atoms with Crippen molar-refractivity contribution in [2.75, 3.05) is 19.8 Å². The van der Waals surface area contributed by atoms with Gasteiger partial charge in [-0.3, -0.25) is 10.2 Å². The van der Waals surface area contributed by atoms with Crippen LogP contribution in [0.3, 0.4) is 0 Å². The molecule has 1 amide bonds. The number of aryl methyl sites for hydroxylation is 3. The third kappa shape index (κ3) is 6.48. The number of halogens is 1. The molecule has 0 aromatic heterocycles. The summed E-state index contributed by atoms with van der Waals surface area (Å²) in [5.41, 5.74) is 5.29. The van der Waals surface area contributed by atoms with Crippen LogP contribution in [-0.2, 0) is 4.79 Å². The number of amides is 1. The number of hydrogen-bond donors (Lipinski definition) is 1. The fourth-order valence-corrected chi connectivity index (χ4v) is 5.83. The van der Waals surface area contributed by atoms with Gasteiger partial charge in [0.15, 0.2) is 17.3 Å². The van der Waals surface area contributed by atoms with Crippen molar-refractivity contribution in [2.45, 2.75) is 27.7 Å². The quantitative estimate of drug-likeness (QED) is 0.153. The van der Waals surface area contributed by atoms with Crippen molar-refractivity contribution in [2.24, 2.45) is 10.1 Å². The molecule has 0 saturated heterocycles. The number of nitrogens with one attached hydrogen (secondary N) is 1. The Hall–Kier alpha value is -3.64. The molecule has 3 aromatic rings. The number of hydrogen-bond acceptors (Lipinski definition) is 7. The zero-order valence-corrected chi connectivity index (χ0v) is 26.1. The van der Waals surface area contributed by atoms with E-state index in [-0.39, 0.29) is 11.4 Å². The third-order valence-electron chi connectivity index (χ3n) is 6.47. The summed E-state index contributed by atoms with van der Waals surface area (Å²) in [6.07, 6.45) is 1.65. The molecule has 41 heavy (non-hydrogen) atoms. The summed E-state index contributed by atoms with van der Waals surface area (Å²) >= 11 is 3.47. The normalized spacial score (nSPS) is 15.5. The van der Waals surface area contributed by atoms with E-state index in [9.17, 15) is 4.79 Å². The highest BCUT2D eigenvalue weighted by Gasteiger charge is 2.36. The van der Waals surface area contributed by atoms with E-state index in [0.29, 0.717) is 47.1 Å². The standard InChI is InChI=1S/C31H29IN4O4S/c1-5-38-26-17-21(16-25(32)27(26)40-13-12-39-23-11-8-19(3)20(4)14-23)15-24-28(33)36-31(34-29(24)37)41-30(35-36)22-9-6-18(2)7-10-22/h6-11,14-17,33H,5,12-13H2,1-4H3/b24-15-,33-28?. The molecule has 0 unspecified atom stereocenters. The molecule has 0 fully saturated rings. The lowest BCUT2D eigenvalue weighted by Gasteiger charge is -2.20. The first-order valence-corrected chi connectivity index (χ1v) is 15.0. The van der Waals surface area contributed by atoms with Gasteiger partial charge in [-0.1, -0.05) is 35.9 Å². The van der Waals surface area contributed by atoms with Crippen molar-refractivity contribution < 1.29 is 19.0 Å². The van der Waals surface area contributed by atoms with E-state index in [0.717, 1.165) is 20.4 Å². The Labute approximate surface area is 257 Å². The van der Waals surface area contributed by atoms with Crippen molar-refractivity contribution in [3.63, 3.8) is 0 Å². The Kier molecular flexibility index (Phi) is 8.79. The first-order chi connectivity index (χ1) is 19.7. The van der Waals surface area contributed by atoms with Crippen LogP contribution in [0.5, 0.6) is 17.2 Å². The van der Waals surface area contributed by atoms with Crippen molar-refractivity contribution in [1.82, 2.24) is 5.01 Å². The second kappa shape index (κ2) is 12.5. The minimum atomic E-state index is -0.481. The van der Waals surface area contributed by atoms with Crippen LogP contribution in [0.15, 0.2) is 70.3 Å². The smallest absolute Gasteiger partial charge is 0.283 e. The summed E-state index contributed by atoms with van der Waals surface area (Å²) in [6.45, 7) is 9.19. The van der Waals surface area contributed by atoms with E-state index >= 15 is 0 Å². The van der Waals surface area contributed by atoms with Gasteiger partial charge >= 0.3 is 0 Å². The van der Waals surface area contributed by atoms with Crippen molar-refractivity contribution in [3.05, 3.63) is 91.6 Å². The number of carbonyl (C=O) groups is 1. The van der Waals surface area contributed by atoms with E-state index in [1.165, 1.54) is 27.9 Å². The number of carbonyl (C=O) groups excluding carboxylic acids is 1. The Morgan fingerprint density at radius 3 is 2.46 bits per heavy atom. The molecule has 1 N–H and O–H groups in total. The zero-order valence-electron chi connectivity index (χ0n) is 23.2. The van der Waals surface area contributed by atoms with E-state index in [1.54, 1.807) is 12.1 Å². The van der Waals surface area contributed by atoms with Crippen molar-refractivity contribution in [1.29, 1.82) is 5.41 Å². The molecule has 0 saturated carbocycles. The number of benzene rings is 3. The van der Waals surface area contributed by atoms with Gasteiger partial charge in [-0.2, -0.15) is 15.1 Å². The first kappa shape index (κ1) is 28.9. The molecule has 0 bridgehead atoms. The summed E-state index contributed by atoms with van der Waals surface area (Å²) in [7, 11) is 0. The molecule has 2 aliphatic heterocycles. The van der Waals surface area contributed by atoms with Gasteiger partial charge < -0.3 is 14.2 Å². The molecule has 10 heteroatoms. The highest BCUT2D eigenvalue weighted by molar-refractivity contribution is 14.1. The molecular weight excluding hydrogens is 651 g/mol. The average Bonchev–Trinajstić information content (AvgIpc) is 3.37. The van der Waals surface area contributed by atoms with Crippen LogP contribution in [-0.4, -0.2) is 46.8 Å². The van der Waals surface area contributed by atoms with Crippen LogP contribution in [0, 0.1) is 29.8 Å². The molecule has 0 atom stereocenters.